The number of hydrogen-bond acceptors (Lipinski definition) is 5. The quantitative estimate of drug-likeness (QED) is 0.470. The van der Waals surface area contributed by atoms with E-state index in [9.17, 15) is 19.5 Å². The molecule has 4 aliphatic carbocycles. The number of allylic oxidation sites excluding steroid dienone is 2. The van der Waals surface area contributed by atoms with Crippen molar-refractivity contribution in [1.82, 2.24) is 0 Å². The monoisotopic (exact) mass is 444 g/mol. The number of esters is 1. The molecular formula is C27H40O5. The van der Waals surface area contributed by atoms with Crippen molar-refractivity contribution in [3.8, 4) is 0 Å². The van der Waals surface area contributed by atoms with Crippen LogP contribution < -0.4 is 0 Å². The van der Waals surface area contributed by atoms with Crippen LogP contribution in [0.5, 0.6) is 0 Å². The van der Waals surface area contributed by atoms with Crippen LogP contribution in [0.2, 0.25) is 0 Å². The Hall–Kier alpha value is -1.49. The second-order valence-corrected chi connectivity index (χ2v) is 11.5. The van der Waals surface area contributed by atoms with Gasteiger partial charge in [-0.15, -0.1) is 0 Å². The minimum Gasteiger partial charge on any atom is -0.450 e. The molecule has 0 radical (unpaired) electrons. The zero-order valence-electron chi connectivity index (χ0n) is 20.2. The molecule has 0 saturated heterocycles. The molecule has 0 amide bonds. The second-order valence-electron chi connectivity index (χ2n) is 11.5. The molecule has 4 aliphatic rings. The lowest BCUT2D eigenvalue weighted by molar-refractivity contribution is -0.191. The number of Topliss-reactive ketones (excluding diaryl/α,β-unsaturated/α-hetero) is 2. The van der Waals surface area contributed by atoms with E-state index in [2.05, 4.69) is 19.9 Å². The molecule has 178 valence electrons. The van der Waals surface area contributed by atoms with Gasteiger partial charge < -0.3 is 9.84 Å². The van der Waals surface area contributed by atoms with Gasteiger partial charge in [-0.3, -0.25) is 14.4 Å². The van der Waals surface area contributed by atoms with E-state index in [1.54, 1.807) is 0 Å². The van der Waals surface area contributed by atoms with Crippen molar-refractivity contribution in [3.63, 3.8) is 0 Å². The molecule has 0 aromatic rings. The Morgan fingerprint density at radius 2 is 2.00 bits per heavy atom. The number of hydrogen-bond donors (Lipinski definition) is 1. The second kappa shape index (κ2) is 8.38. The van der Waals surface area contributed by atoms with E-state index in [0.717, 1.165) is 38.5 Å². The highest BCUT2D eigenvalue weighted by molar-refractivity contribution is 5.92. The van der Waals surface area contributed by atoms with Crippen molar-refractivity contribution in [1.29, 1.82) is 0 Å². The zero-order chi connectivity index (χ0) is 23.3. The van der Waals surface area contributed by atoms with Crippen molar-refractivity contribution >= 4 is 17.5 Å². The highest BCUT2D eigenvalue weighted by Gasteiger charge is 2.70. The summed E-state index contributed by atoms with van der Waals surface area (Å²) in [7, 11) is 0. The van der Waals surface area contributed by atoms with Crippen molar-refractivity contribution in [2.24, 2.45) is 34.5 Å². The third kappa shape index (κ3) is 3.25. The number of carbonyl (C=O) groups excluding carboxylic acids is 3. The minimum atomic E-state index is -1.26. The van der Waals surface area contributed by atoms with Crippen molar-refractivity contribution in [2.75, 3.05) is 6.61 Å². The highest BCUT2D eigenvalue weighted by Crippen LogP contribution is 2.68. The van der Waals surface area contributed by atoms with Crippen LogP contribution in [-0.2, 0) is 19.1 Å². The summed E-state index contributed by atoms with van der Waals surface area (Å²) in [6.45, 7) is 7.92. The average Bonchev–Trinajstić information content (AvgIpc) is 2.99. The molecule has 0 heterocycles. The van der Waals surface area contributed by atoms with Gasteiger partial charge in [0, 0.05) is 30.6 Å². The van der Waals surface area contributed by atoms with Gasteiger partial charge in [-0.1, -0.05) is 45.8 Å². The molecule has 5 heteroatoms. The van der Waals surface area contributed by atoms with Gasteiger partial charge in [-0.2, -0.15) is 0 Å². The number of carbonyl (C=O) groups is 3. The molecule has 4 rings (SSSR count). The van der Waals surface area contributed by atoms with Gasteiger partial charge in [0.2, 0.25) is 5.78 Å². The summed E-state index contributed by atoms with van der Waals surface area (Å²) in [6, 6.07) is 0. The van der Waals surface area contributed by atoms with E-state index in [0.29, 0.717) is 43.3 Å². The van der Waals surface area contributed by atoms with Gasteiger partial charge in [0.25, 0.3) is 0 Å². The standard InChI is InChI=1S/C27H40O5/c1-5-6-7-24(31)32-27(23(30)16-28)17(2)14-22-20-9-8-18-15-19(29)10-12-25(18,3)21(20)11-13-26(22,27)4/h11,17-18,20,22,28H,5-10,12-16H2,1-4H3/t17-,18+,20-,22+,25+,26+,27+/m1/s1. The fraction of sp³-hybridized carbons (Fsp3) is 0.815. The van der Waals surface area contributed by atoms with Gasteiger partial charge in [0.1, 0.15) is 12.4 Å². The lowest BCUT2D eigenvalue weighted by Crippen LogP contribution is -2.60. The fourth-order valence-corrected chi connectivity index (χ4v) is 8.18. The Bertz CT molecular complexity index is 830. The van der Waals surface area contributed by atoms with Gasteiger partial charge in [0.15, 0.2) is 5.60 Å². The van der Waals surface area contributed by atoms with Gasteiger partial charge in [-0.25, -0.2) is 0 Å². The first-order valence-electron chi connectivity index (χ1n) is 12.7. The molecule has 0 aromatic carbocycles. The number of rotatable bonds is 6. The molecule has 3 saturated carbocycles. The smallest absolute Gasteiger partial charge is 0.306 e. The van der Waals surface area contributed by atoms with Crippen LogP contribution >= 0.6 is 0 Å². The number of unbranched alkanes of at least 4 members (excludes halogenated alkanes) is 1. The van der Waals surface area contributed by atoms with Crippen LogP contribution in [0.4, 0.5) is 0 Å². The zero-order valence-corrected chi connectivity index (χ0v) is 20.2. The number of fused-ring (bicyclic) bond motifs is 5. The lowest BCUT2D eigenvalue weighted by Gasteiger charge is -2.57. The topological polar surface area (TPSA) is 80.7 Å². The Balaban J connectivity index is 1.72. The maximum absolute atomic E-state index is 13.3. The first-order valence-corrected chi connectivity index (χ1v) is 12.7. The molecule has 0 bridgehead atoms. The molecule has 1 N–H and O–H groups in total. The molecule has 7 atom stereocenters. The molecule has 0 aromatic heterocycles. The van der Waals surface area contributed by atoms with E-state index in [1.807, 2.05) is 13.8 Å². The predicted octanol–water partition coefficient (Wildman–Crippen LogP) is 4.80. The van der Waals surface area contributed by atoms with Crippen LogP contribution in [0.15, 0.2) is 11.6 Å². The molecule has 32 heavy (non-hydrogen) atoms. The van der Waals surface area contributed by atoms with Crippen LogP contribution in [0, 0.1) is 34.5 Å². The summed E-state index contributed by atoms with van der Waals surface area (Å²) >= 11 is 0. The van der Waals surface area contributed by atoms with Gasteiger partial charge in [-0.05, 0) is 61.7 Å². The van der Waals surface area contributed by atoms with E-state index in [4.69, 9.17) is 4.74 Å². The predicted molar refractivity (Wildman–Crippen MR) is 122 cm³/mol. The van der Waals surface area contributed by atoms with E-state index < -0.39 is 17.6 Å². The van der Waals surface area contributed by atoms with Gasteiger partial charge in [0.05, 0.1) is 0 Å². The summed E-state index contributed by atoms with van der Waals surface area (Å²) in [4.78, 5) is 38.3. The molecule has 0 spiro atoms. The summed E-state index contributed by atoms with van der Waals surface area (Å²) < 4.78 is 6.14. The molecule has 0 aliphatic heterocycles. The summed E-state index contributed by atoms with van der Waals surface area (Å²) in [5.74, 6) is 0.613. The Morgan fingerprint density at radius 3 is 2.69 bits per heavy atom. The third-order valence-electron chi connectivity index (χ3n) is 9.95. The largest absolute Gasteiger partial charge is 0.450 e. The van der Waals surface area contributed by atoms with Crippen molar-refractivity contribution < 1.29 is 24.2 Å². The van der Waals surface area contributed by atoms with Crippen molar-refractivity contribution in [2.45, 2.75) is 97.5 Å². The van der Waals surface area contributed by atoms with Crippen molar-refractivity contribution in [3.05, 3.63) is 11.6 Å². The normalized spacial score (nSPS) is 43.0. The minimum absolute atomic E-state index is 0.0609. The Kier molecular flexibility index (Phi) is 6.19. The molecule has 5 nitrogen and oxygen atoms in total. The maximum atomic E-state index is 13.3. The SMILES string of the molecule is CCCCC(=O)O[C@]1(C(=O)CO)[C@H](C)C[C@H]2[C@@H]3CC[C@H]4CC(=O)CC[C@]4(C)C3=CC[C@@]21C. The van der Waals surface area contributed by atoms with E-state index >= 15 is 0 Å². The molecular weight excluding hydrogens is 404 g/mol. The molecule has 0 unspecified atom stereocenters. The average molecular weight is 445 g/mol. The Labute approximate surface area is 192 Å². The highest BCUT2D eigenvalue weighted by atomic mass is 16.6. The number of ether oxygens (including phenoxy) is 1. The molecule has 3 fully saturated rings. The number of ketones is 2. The van der Waals surface area contributed by atoms with Gasteiger partial charge >= 0.3 is 5.97 Å². The number of aliphatic hydroxyl groups excluding tert-OH is 1. The summed E-state index contributed by atoms with van der Waals surface area (Å²) in [5, 5.41) is 9.94. The Morgan fingerprint density at radius 1 is 1.25 bits per heavy atom. The summed E-state index contributed by atoms with van der Waals surface area (Å²) in [6.07, 6.45) is 10.1. The first-order chi connectivity index (χ1) is 15.1. The van der Waals surface area contributed by atoms with Crippen LogP contribution in [0.25, 0.3) is 0 Å². The third-order valence-corrected chi connectivity index (χ3v) is 9.95. The summed E-state index contributed by atoms with van der Waals surface area (Å²) in [5.41, 5.74) is -0.235. The van der Waals surface area contributed by atoms with Crippen LogP contribution in [-0.4, -0.2) is 34.9 Å². The fourth-order valence-electron chi connectivity index (χ4n) is 8.18. The van der Waals surface area contributed by atoms with Crippen LogP contribution in [0.3, 0.4) is 0 Å². The van der Waals surface area contributed by atoms with Crippen LogP contribution in [0.1, 0.15) is 91.9 Å². The number of aliphatic hydroxyl groups is 1. The van der Waals surface area contributed by atoms with E-state index in [-0.39, 0.29) is 29.0 Å². The van der Waals surface area contributed by atoms with E-state index in [1.165, 1.54) is 5.57 Å². The first kappa shape index (κ1) is 23.7. The lowest BCUT2D eigenvalue weighted by atomic mass is 9.48. The maximum Gasteiger partial charge on any atom is 0.306 e.